The van der Waals surface area contributed by atoms with Crippen LogP contribution in [0.4, 0.5) is 0 Å². The van der Waals surface area contributed by atoms with Crippen LogP contribution in [0, 0.1) is 5.92 Å². The van der Waals surface area contributed by atoms with Gasteiger partial charge in [0.25, 0.3) is 0 Å². The molecule has 0 unspecified atom stereocenters. The summed E-state index contributed by atoms with van der Waals surface area (Å²) >= 11 is 0. The minimum Gasteiger partial charge on any atom is -0.334 e. The molecule has 2 heterocycles. The number of aromatic nitrogens is 2. The lowest BCUT2D eigenvalue weighted by Gasteiger charge is -2.32. The van der Waals surface area contributed by atoms with E-state index in [9.17, 15) is 4.79 Å². The van der Waals surface area contributed by atoms with Crippen LogP contribution in [0.5, 0.6) is 0 Å². The average molecular weight is 374 g/mol. The van der Waals surface area contributed by atoms with Crippen LogP contribution in [-0.4, -0.2) is 33.3 Å². The third-order valence-electron chi connectivity index (χ3n) is 6.53. The summed E-state index contributed by atoms with van der Waals surface area (Å²) in [6.07, 6.45) is 8.18. The second-order valence-corrected chi connectivity index (χ2v) is 8.18. The maximum absolute atomic E-state index is 13.5. The van der Waals surface area contributed by atoms with Gasteiger partial charge in [-0.15, -0.1) is 0 Å². The zero-order valence-corrected chi connectivity index (χ0v) is 16.5. The summed E-state index contributed by atoms with van der Waals surface area (Å²) in [5.41, 5.74) is 3.72. The maximum Gasteiger partial charge on any atom is 0.167 e. The van der Waals surface area contributed by atoms with Gasteiger partial charge in [-0.1, -0.05) is 30.3 Å². The van der Waals surface area contributed by atoms with E-state index in [-0.39, 0.29) is 5.92 Å². The Bertz CT molecular complexity index is 1030. The van der Waals surface area contributed by atoms with Crippen molar-refractivity contribution >= 4 is 16.6 Å². The van der Waals surface area contributed by atoms with Crippen molar-refractivity contribution in [2.45, 2.75) is 45.7 Å². The van der Waals surface area contributed by atoms with Crippen LogP contribution in [-0.2, 0) is 25.9 Å². The van der Waals surface area contributed by atoms with Gasteiger partial charge in [-0.05, 0) is 61.1 Å². The second-order valence-electron chi connectivity index (χ2n) is 8.18. The first-order valence-corrected chi connectivity index (χ1v) is 10.5. The first-order chi connectivity index (χ1) is 13.7. The molecular formula is C24H27N3O. The predicted octanol–water partition coefficient (Wildman–Crippen LogP) is 4.25. The molecule has 4 nitrogen and oxygen atoms in total. The predicted molar refractivity (Wildman–Crippen MR) is 112 cm³/mol. The molecule has 5 rings (SSSR count). The van der Waals surface area contributed by atoms with Gasteiger partial charge in [0.2, 0.25) is 0 Å². The molecule has 0 saturated carbocycles. The van der Waals surface area contributed by atoms with E-state index in [2.05, 4.69) is 51.7 Å². The summed E-state index contributed by atoms with van der Waals surface area (Å²) in [7, 11) is 0. The molecule has 2 aliphatic rings. The molecule has 0 amide bonds. The zero-order valence-electron chi connectivity index (χ0n) is 16.5. The van der Waals surface area contributed by atoms with E-state index < -0.39 is 0 Å². The second kappa shape index (κ2) is 7.17. The number of likely N-dealkylation sites (tertiary alicyclic amines) is 1. The van der Waals surface area contributed by atoms with E-state index in [0.29, 0.717) is 5.78 Å². The van der Waals surface area contributed by atoms with Crippen LogP contribution in [0.2, 0.25) is 0 Å². The number of carbonyl (C=O) groups excluding carboxylic acids is 1. The van der Waals surface area contributed by atoms with Gasteiger partial charge in [0.15, 0.2) is 5.78 Å². The van der Waals surface area contributed by atoms with Gasteiger partial charge in [-0.2, -0.15) is 0 Å². The van der Waals surface area contributed by atoms with Crippen molar-refractivity contribution in [3.63, 3.8) is 0 Å². The fourth-order valence-corrected chi connectivity index (χ4v) is 5.07. The van der Waals surface area contributed by atoms with Gasteiger partial charge in [0.1, 0.15) is 5.82 Å². The standard InChI is InChI=1S/C24H27N3O/c1-2-27-14-12-25-22(27)16-26-13-4-6-19(15-26)24(28)21-11-10-18-9-8-17-5-3-7-20(21)23(17)18/h3,5,7,10-12,14,19H,2,4,6,8-9,13,15-16H2,1H3/t19-/m0/s1. The lowest BCUT2D eigenvalue weighted by Crippen LogP contribution is -2.38. The number of ketones is 1. The van der Waals surface area contributed by atoms with Crippen molar-refractivity contribution in [2.75, 3.05) is 13.1 Å². The van der Waals surface area contributed by atoms with E-state index in [4.69, 9.17) is 0 Å². The van der Waals surface area contributed by atoms with E-state index in [1.165, 1.54) is 16.5 Å². The molecule has 0 N–H and O–H groups in total. The maximum atomic E-state index is 13.5. The smallest absolute Gasteiger partial charge is 0.167 e. The van der Waals surface area contributed by atoms with Gasteiger partial charge in [-0.25, -0.2) is 4.98 Å². The van der Waals surface area contributed by atoms with Crippen molar-refractivity contribution in [1.82, 2.24) is 14.5 Å². The summed E-state index contributed by atoms with van der Waals surface area (Å²) in [4.78, 5) is 20.4. The number of Topliss-reactive ketones (excluding diaryl/α,β-unsaturated/α-hetero) is 1. The molecule has 2 aromatic carbocycles. The van der Waals surface area contributed by atoms with Crippen molar-refractivity contribution in [2.24, 2.45) is 5.92 Å². The van der Waals surface area contributed by atoms with Crippen LogP contribution in [0.25, 0.3) is 10.8 Å². The van der Waals surface area contributed by atoms with E-state index in [1.54, 1.807) is 0 Å². The number of carbonyl (C=O) groups is 1. The Morgan fingerprint density at radius 3 is 2.89 bits per heavy atom. The number of nitrogens with zero attached hydrogens (tertiary/aromatic N) is 3. The Hall–Kier alpha value is -2.46. The molecule has 1 aromatic heterocycles. The molecule has 144 valence electrons. The number of aryl methyl sites for hydroxylation is 3. The fraction of sp³-hybridized carbons (Fsp3) is 0.417. The normalized spacial score (nSPS) is 19.4. The highest BCUT2D eigenvalue weighted by Crippen LogP contribution is 2.34. The van der Waals surface area contributed by atoms with E-state index in [1.807, 2.05) is 12.4 Å². The van der Waals surface area contributed by atoms with Gasteiger partial charge in [0.05, 0.1) is 6.54 Å². The Balaban J connectivity index is 1.39. The number of hydrogen-bond donors (Lipinski definition) is 0. The molecule has 1 aliphatic carbocycles. The highest BCUT2D eigenvalue weighted by Gasteiger charge is 2.29. The molecule has 1 saturated heterocycles. The van der Waals surface area contributed by atoms with Crippen molar-refractivity contribution in [3.05, 3.63) is 65.2 Å². The van der Waals surface area contributed by atoms with Gasteiger partial charge >= 0.3 is 0 Å². The van der Waals surface area contributed by atoms with Crippen LogP contribution >= 0.6 is 0 Å². The largest absolute Gasteiger partial charge is 0.334 e. The minimum atomic E-state index is 0.0808. The molecule has 0 spiro atoms. The van der Waals surface area contributed by atoms with Crippen molar-refractivity contribution in [3.8, 4) is 0 Å². The number of piperidine rings is 1. The Kier molecular flexibility index (Phi) is 4.52. The van der Waals surface area contributed by atoms with Crippen LogP contribution in [0.15, 0.2) is 42.7 Å². The van der Waals surface area contributed by atoms with Crippen LogP contribution < -0.4 is 0 Å². The van der Waals surface area contributed by atoms with Gasteiger partial charge in [0, 0.05) is 37.0 Å². The number of imidazole rings is 1. The molecule has 1 fully saturated rings. The molecule has 4 heteroatoms. The lowest BCUT2D eigenvalue weighted by molar-refractivity contribution is 0.0809. The van der Waals surface area contributed by atoms with Crippen molar-refractivity contribution in [1.29, 1.82) is 0 Å². The van der Waals surface area contributed by atoms with Gasteiger partial charge < -0.3 is 4.57 Å². The highest BCUT2D eigenvalue weighted by atomic mass is 16.1. The molecule has 0 bridgehead atoms. The summed E-state index contributed by atoms with van der Waals surface area (Å²) in [6, 6.07) is 10.7. The summed E-state index contributed by atoms with van der Waals surface area (Å²) < 4.78 is 2.19. The Morgan fingerprint density at radius 2 is 2.04 bits per heavy atom. The highest BCUT2D eigenvalue weighted by molar-refractivity contribution is 6.11. The third-order valence-corrected chi connectivity index (χ3v) is 6.53. The number of rotatable bonds is 5. The van der Waals surface area contributed by atoms with Gasteiger partial charge in [-0.3, -0.25) is 9.69 Å². The first-order valence-electron chi connectivity index (χ1n) is 10.5. The average Bonchev–Trinajstić information content (AvgIpc) is 3.36. The van der Waals surface area contributed by atoms with Crippen LogP contribution in [0.3, 0.4) is 0 Å². The molecular weight excluding hydrogens is 346 g/mol. The molecule has 0 radical (unpaired) electrons. The SMILES string of the molecule is CCn1ccnc1CN1CCC[C@H](C(=O)c2ccc3c4c(cccc24)CC3)C1. The van der Waals surface area contributed by atoms with E-state index in [0.717, 1.165) is 68.6 Å². The summed E-state index contributed by atoms with van der Waals surface area (Å²) in [5.74, 6) is 1.50. The topological polar surface area (TPSA) is 38.1 Å². The van der Waals surface area contributed by atoms with Crippen molar-refractivity contribution < 1.29 is 4.79 Å². The zero-order chi connectivity index (χ0) is 19.1. The molecule has 1 aliphatic heterocycles. The van der Waals surface area contributed by atoms with Crippen LogP contribution in [0.1, 0.15) is 47.1 Å². The molecule has 28 heavy (non-hydrogen) atoms. The monoisotopic (exact) mass is 373 g/mol. The number of hydrogen-bond acceptors (Lipinski definition) is 3. The van der Waals surface area contributed by atoms with E-state index >= 15 is 0 Å². The number of benzene rings is 2. The quantitative estimate of drug-likeness (QED) is 0.628. The fourth-order valence-electron chi connectivity index (χ4n) is 5.07. The summed E-state index contributed by atoms with van der Waals surface area (Å²) in [5, 5.41) is 2.50. The minimum absolute atomic E-state index is 0.0808. The first kappa shape index (κ1) is 17.6. The third kappa shape index (κ3) is 2.96. The molecule has 3 aromatic rings. The molecule has 1 atom stereocenters. The summed E-state index contributed by atoms with van der Waals surface area (Å²) in [6.45, 7) is 5.78. The Labute approximate surface area is 166 Å². The lowest BCUT2D eigenvalue weighted by atomic mass is 9.87. The Morgan fingerprint density at radius 1 is 1.18 bits per heavy atom.